The zero-order valence-electron chi connectivity index (χ0n) is 7.74. The molecule has 0 spiro atoms. The largest absolute Gasteiger partial charge is 0.472 e. The first-order chi connectivity index (χ1) is 6.24. The van der Waals surface area contributed by atoms with Crippen LogP contribution in [0.15, 0.2) is 23.0 Å². The molecule has 1 heterocycles. The topological polar surface area (TPSA) is 51.5 Å². The van der Waals surface area contributed by atoms with Gasteiger partial charge in [-0.15, -0.1) is 0 Å². The van der Waals surface area contributed by atoms with E-state index in [1.807, 2.05) is 0 Å². The summed E-state index contributed by atoms with van der Waals surface area (Å²) >= 11 is 0. The van der Waals surface area contributed by atoms with Crippen LogP contribution in [0, 0.1) is 0 Å². The van der Waals surface area contributed by atoms with Crippen LogP contribution in [0.25, 0.3) is 0 Å². The highest BCUT2D eigenvalue weighted by molar-refractivity contribution is 5.80. The molecule has 1 N–H and O–H groups in total. The van der Waals surface area contributed by atoms with E-state index in [0.717, 1.165) is 5.56 Å². The first-order valence-corrected chi connectivity index (χ1v) is 4.05. The Morgan fingerprint density at radius 2 is 2.54 bits per heavy atom. The van der Waals surface area contributed by atoms with E-state index in [9.17, 15) is 4.79 Å². The second-order valence-corrected chi connectivity index (χ2v) is 2.73. The summed E-state index contributed by atoms with van der Waals surface area (Å²) in [5.41, 5.74) is 0.941. The average Bonchev–Trinajstić information content (AvgIpc) is 2.65. The van der Waals surface area contributed by atoms with Gasteiger partial charge in [0.15, 0.2) is 0 Å². The lowest BCUT2D eigenvalue weighted by atomic mass is 10.3. The van der Waals surface area contributed by atoms with Crippen molar-refractivity contribution in [1.82, 2.24) is 5.32 Å². The lowest BCUT2D eigenvalue weighted by Gasteiger charge is -2.08. The minimum Gasteiger partial charge on any atom is -0.472 e. The fraction of sp³-hybridized carbons (Fsp3) is 0.444. The first-order valence-electron chi connectivity index (χ1n) is 4.05. The second-order valence-electron chi connectivity index (χ2n) is 2.73. The summed E-state index contributed by atoms with van der Waals surface area (Å²) in [5, 5.41) is 2.71. The van der Waals surface area contributed by atoms with Gasteiger partial charge in [0.05, 0.1) is 12.5 Å². The number of carbonyl (C=O) groups excluding carboxylic acids is 1. The van der Waals surface area contributed by atoms with Crippen molar-refractivity contribution in [2.45, 2.75) is 19.6 Å². The Morgan fingerprint density at radius 3 is 3.08 bits per heavy atom. The van der Waals surface area contributed by atoms with E-state index in [4.69, 9.17) is 9.15 Å². The molecule has 4 nitrogen and oxygen atoms in total. The van der Waals surface area contributed by atoms with Crippen LogP contribution in [0.4, 0.5) is 0 Å². The van der Waals surface area contributed by atoms with Crippen LogP contribution in [0.1, 0.15) is 12.5 Å². The summed E-state index contributed by atoms with van der Waals surface area (Å²) < 4.78 is 9.70. The maximum Gasteiger partial charge on any atom is 0.249 e. The number of carbonyl (C=O) groups is 1. The molecule has 1 unspecified atom stereocenters. The Balaban J connectivity index is 2.31. The SMILES string of the molecule is COC(C)C(=O)NCc1ccoc1. The van der Waals surface area contributed by atoms with E-state index >= 15 is 0 Å². The van der Waals surface area contributed by atoms with E-state index < -0.39 is 6.10 Å². The van der Waals surface area contributed by atoms with Gasteiger partial charge in [0.1, 0.15) is 6.10 Å². The molecular formula is C9H13NO3. The summed E-state index contributed by atoms with van der Waals surface area (Å²) in [7, 11) is 1.50. The smallest absolute Gasteiger partial charge is 0.249 e. The number of hydrogen-bond acceptors (Lipinski definition) is 3. The quantitative estimate of drug-likeness (QED) is 0.755. The van der Waals surface area contributed by atoms with Crippen molar-refractivity contribution in [3.63, 3.8) is 0 Å². The standard InChI is InChI=1S/C9H13NO3/c1-7(12-2)9(11)10-5-8-3-4-13-6-8/h3-4,6-7H,5H2,1-2H3,(H,10,11). The minimum atomic E-state index is -0.410. The lowest BCUT2D eigenvalue weighted by Crippen LogP contribution is -2.33. The van der Waals surface area contributed by atoms with Crippen molar-refractivity contribution in [3.8, 4) is 0 Å². The molecule has 0 saturated carbocycles. The van der Waals surface area contributed by atoms with Crippen molar-refractivity contribution >= 4 is 5.91 Å². The van der Waals surface area contributed by atoms with Crippen LogP contribution in [-0.4, -0.2) is 19.1 Å². The van der Waals surface area contributed by atoms with Crippen molar-refractivity contribution in [2.24, 2.45) is 0 Å². The van der Waals surface area contributed by atoms with E-state index in [2.05, 4.69) is 5.32 Å². The second kappa shape index (κ2) is 4.67. The highest BCUT2D eigenvalue weighted by Crippen LogP contribution is 1.99. The van der Waals surface area contributed by atoms with E-state index in [1.54, 1.807) is 25.5 Å². The molecule has 0 aliphatic heterocycles. The molecular weight excluding hydrogens is 170 g/mol. The molecule has 72 valence electrons. The molecule has 0 aliphatic rings. The number of hydrogen-bond donors (Lipinski definition) is 1. The highest BCUT2D eigenvalue weighted by Gasteiger charge is 2.10. The molecule has 0 saturated heterocycles. The zero-order chi connectivity index (χ0) is 9.68. The van der Waals surface area contributed by atoms with E-state index in [-0.39, 0.29) is 5.91 Å². The third-order valence-electron chi connectivity index (χ3n) is 1.77. The monoisotopic (exact) mass is 183 g/mol. The number of nitrogens with one attached hydrogen (secondary N) is 1. The number of rotatable bonds is 4. The van der Waals surface area contributed by atoms with Crippen LogP contribution in [0.3, 0.4) is 0 Å². The Kier molecular flexibility index (Phi) is 3.52. The van der Waals surface area contributed by atoms with Gasteiger partial charge in [0.25, 0.3) is 0 Å². The predicted octanol–water partition coefficient (Wildman–Crippen LogP) is 0.931. The molecule has 0 bridgehead atoms. The maximum atomic E-state index is 11.2. The Labute approximate surface area is 76.9 Å². The molecule has 1 aromatic rings. The van der Waals surface area contributed by atoms with E-state index in [0.29, 0.717) is 6.54 Å². The Bertz CT molecular complexity index is 256. The normalized spacial score (nSPS) is 12.5. The lowest BCUT2D eigenvalue weighted by molar-refractivity contribution is -0.130. The summed E-state index contributed by atoms with van der Waals surface area (Å²) in [6.45, 7) is 2.17. The van der Waals surface area contributed by atoms with Crippen molar-refractivity contribution in [2.75, 3.05) is 7.11 Å². The molecule has 1 rings (SSSR count). The minimum absolute atomic E-state index is 0.122. The highest BCUT2D eigenvalue weighted by atomic mass is 16.5. The van der Waals surface area contributed by atoms with E-state index in [1.165, 1.54) is 7.11 Å². The Hall–Kier alpha value is -1.29. The van der Waals surface area contributed by atoms with Gasteiger partial charge in [-0.3, -0.25) is 4.79 Å². The third-order valence-corrected chi connectivity index (χ3v) is 1.77. The number of amides is 1. The van der Waals surface area contributed by atoms with Crippen LogP contribution in [0.5, 0.6) is 0 Å². The maximum absolute atomic E-state index is 11.2. The van der Waals surface area contributed by atoms with Crippen LogP contribution >= 0.6 is 0 Å². The fourth-order valence-corrected chi connectivity index (χ4v) is 0.833. The van der Waals surface area contributed by atoms with Gasteiger partial charge < -0.3 is 14.5 Å². The summed E-state index contributed by atoms with van der Waals surface area (Å²) in [6.07, 6.45) is 2.76. The molecule has 0 radical (unpaired) electrons. The first kappa shape index (κ1) is 9.80. The summed E-state index contributed by atoms with van der Waals surface area (Å²) in [4.78, 5) is 11.2. The van der Waals surface area contributed by atoms with Crippen LogP contribution < -0.4 is 5.32 Å². The fourth-order valence-electron chi connectivity index (χ4n) is 0.833. The number of furan rings is 1. The van der Waals surface area contributed by atoms with Crippen molar-refractivity contribution in [3.05, 3.63) is 24.2 Å². The number of methoxy groups -OCH3 is 1. The molecule has 0 aromatic carbocycles. The molecule has 13 heavy (non-hydrogen) atoms. The van der Waals surface area contributed by atoms with Crippen molar-refractivity contribution < 1.29 is 13.9 Å². The van der Waals surface area contributed by atoms with Gasteiger partial charge >= 0.3 is 0 Å². The molecule has 1 amide bonds. The Morgan fingerprint density at radius 1 is 1.77 bits per heavy atom. The van der Waals surface area contributed by atoms with Gasteiger partial charge in [-0.05, 0) is 13.0 Å². The molecule has 1 atom stereocenters. The average molecular weight is 183 g/mol. The zero-order valence-corrected chi connectivity index (χ0v) is 7.74. The molecule has 1 aromatic heterocycles. The molecule has 0 aliphatic carbocycles. The van der Waals surface area contributed by atoms with Crippen LogP contribution in [-0.2, 0) is 16.1 Å². The van der Waals surface area contributed by atoms with Gasteiger partial charge in [-0.1, -0.05) is 0 Å². The van der Waals surface area contributed by atoms with Gasteiger partial charge in [0, 0.05) is 19.2 Å². The van der Waals surface area contributed by atoms with Gasteiger partial charge in [-0.25, -0.2) is 0 Å². The van der Waals surface area contributed by atoms with Crippen LogP contribution in [0.2, 0.25) is 0 Å². The van der Waals surface area contributed by atoms with Gasteiger partial charge in [-0.2, -0.15) is 0 Å². The van der Waals surface area contributed by atoms with Gasteiger partial charge in [0.2, 0.25) is 5.91 Å². The summed E-state index contributed by atoms with van der Waals surface area (Å²) in [6, 6.07) is 1.80. The third kappa shape index (κ3) is 2.91. The van der Waals surface area contributed by atoms with Crippen molar-refractivity contribution in [1.29, 1.82) is 0 Å². The molecule has 0 fully saturated rings. The number of ether oxygens (including phenoxy) is 1. The molecule has 4 heteroatoms. The summed E-state index contributed by atoms with van der Waals surface area (Å²) in [5.74, 6) is -0.122. The predicted molar refractivity (Wildman–Crippen MR) is 47.0 cm³/mol.